The lowest BCUT2D eigenvalue weighted by Gasteiger charge is -2.28. The van der Waals surface area contributed by atoms with Gasteiger partial charge in [0.2, 0.25) is 0 Å². The first-order valence-corrected chi connectivity index (χ1v) is 8.97. The van der Waals surface area contributed by atoms with Crippen molar-refractivity contribution < 1.29 is 0 Å². The lowest BCUT2D eigenvalue weighted by Crippen LogP contribution is -2.13. The van der Waals surface area contributed by atoms with E-state index in [-0.39, 0.29) is 0 Å². The smallest absolute Gasteiger partial charge is 0.0243 e. The monoisotopic (exact) mass is 302 g/mol. The van der Waals surface area contributed by atoms with Gasteiger partial charge in [0.1, 0.15) is 0 Å². The van der Waals surface area contributed by atoms with E-state index in [1.54, 1.807) is 0 Å². The third-order valence-electron chi connectivity index (χ3n) is 5.31. The van der Waals surface area contributed by atoms with Crippen LogP contribution in [-0.4, -0.2) is 0 Å². The van der Waals surface area contributed by atoms with E-state index in [1.807, 2.05) is 12.1 Å². The highest BCUT2D eigenvalue weighted by Crippen LogP contribution is 2.37. The SMILES string of the molecule is C#Cc1ccc(-c2ccc(C3CCC(CCC)CC3)cc2)cc1. The quantitative estimate of drug-likeness (QED) is 0.572. The van der Waals surface area contributed by atoms with E-state index in [2.05, 4.69) is 49.2 Å². The zero-order chi connectivity index (χ0) is 16.1. The molecule has 0 atom stereocenters. The summed E-state index contributed by atoms with van der Waals surface area (Å²) in [5.74, 6) is 4.41. The Labute approximate surface area is 140 Å². The van der Waals surface area contributed by atoms with Crippen LogP contribution in [0.5, 0.6) is 0 Å². The molecule has 0 radical (unpaired) electrons. The van der Waals surface area contributed by atoms with Gasteiger partial charge in [0.05, 0.1) is 0 Å². The molecule has 0 nitrogen and oxygen atoms in total. The fourth-order valence-electron chi connectivity index (χ4n) is 3.90. The van der Waals surface area contributed by atoms with Crippen LogP contribution in [0.4, 0.5) is 0 Å². The van der Waals surface area contributed by atoms with Crippen molar-refractivity contribution in [2.24, 2.45) is 5.92 Å². The molecule has 0 N–H and O–H groups in total. The van der Waals surface area contributed by atoms with Gasteiger partial charge in [-0.05, 0) is 66.3 Å². The molecule has 0 spiro atoms. The molecule has 0 heteroatoms. The highest BCUT2D eigenvalue weighted by Gasteiger charge is 2.21. The molecule has 0 bridgehead atoms. The lowest BCUT2D eigenvalue weighted by molar-refractivity contribution is 0.308. The molecule has 1 aliphatic carbocycles. The van der Waals surface area contributed by atoms with Gasteiger partial charge in [-0.3, -0.25) is 0 Å². The molecule has 0 heterocycles. The summed E-state index contributed by atoms with van der Waals surface area (Å²) in [5.41, 5.74) is 4.97. The topological polar surface area (TPSA) is 0 Å². The third-order valence-corrected chi connectivity index (χ3v) is 5.31. The largest absolute Gasteiger partial charge is 0.115 e. The summed E-state index contributed by atoms with van der Waals surface area (Å²) in [5, 5.41) is 0. The maximum Gasteiger partial charge on any atom is 0.0243 e. The number of benzene rings is 2. The van der Waals surface area contributed by atoms with Crippen molar-refractivity contribution in [2.45, 2.75) is 51.4 Å². The van der Waals surface area contributed by atoms with E-state index in [0.29, 0.717) is 0 Å². The molecular weight excluding hydrogens is 276 g/mol. The fourth-order valence-corrected chi connectivity index (χ4v) is 3.90. The van der Waals surface area contributed by atoms with Crippen molar-refractivity contribution in [3.05, 3.63) is 59.7 Å². The zero-order valence-electron chi connectivity index (χ0n) is 14.1. The average Bonchev–Trinajstić information content (AvgIpc) is 2.63. The first-order chi connectivity index (χ1) is 11.3. The van der Waals surface area contributed by atoms with E-state index in [0.717, 1.165) is 17.4 Å². The Bertz CT molecular complexity index is 647. The standard InChI is InChI=1S/C23H26/c1-3-5-19-8-12-21(13-9-19)23-16-14-22(15-17-23)20-10-6-18(4-2)7-11-20/h2,6-7,10-11,14-17,19,21H,3,5,8-9,12-13H2,1H3. The Kier molecular flexibility index (Phi) is 5.19. The van der Waals surface area contributed by atoms with Crippen molar-refractivity contribution in [1.29, 1.82) is 0 Å². The second-order valence-corrected chi connectivity index (χ2v) is 6.85. The van der Waals surface area contributed by atoms with Crippen molar-refractivity contribution in [1.82, 2.24) is 0 Å². The van der Waals surface area contributed by atoms with Crippen LogP contribution >= 0.6 is 0 Å². The van der Waals surface area contributed by atoms with Crippen molar-refractivity contribution in [2.75, 3.05) is 0 Å². The van der Waals surface area contributed by atoms with Gasteiger partial charge >= 0.3 is 0 Å². The molecule has 2 aromatic rings. The first-order valence-electron chi connectivity index (χ1n) is 8.97. The fraction of sp³-hybridized carbons (Fsp3) is 0.391. The minimum atomic E-state index is 0.765. The summed E-state index contributed by atoms with van der Waals surface area (Å²) < 4.78 is 0. The van der Waals surface area contributed by atoms with Crippen molar-refractivity contribution in [3.63, 3.8) is 0 Å². The normalized spacial score (nSPS) is 20.9. The van der Waals surface area contributed by atoms with E-state index in [9.17, 15) is 0 Å². The predicted octanol–water partition coefficient (Wildman–Crippen LogP) is 6.41. The van der Waals surface area contributed by atoms with Gasteiger partial charge in [0, 0.05) is 5.56 Å². The third kappa shape index (κ3) is 3.85. The molecule has 118 valence electrons. The maximum atomic E-state index is 5.42. The molecule has 0 saturated heterocycles. The van der Waals surface area contributed by atoms with Crippen molar-refractivity contribution in [3.8, 4) is 23.5 Å². The highest BCUT2D eigenvalue weighted by molar-refractivity contribution is 5.64. The number of terminal acetylenes is 1. The van der Waals surface area contributed by atoms with Gasteiger partial charge in [-0.15, -0.1) is 6.42 Å². The molecule has 3 rings (SSSR count). The van der Waals surface area contributed by atoms with Crippen LogP contribution in [0.3, 0.4) is 0 Å². The van der Waals surface area contributed by atoms with E-state index < -0.39 is 0 Å². The second kappa shape index (κ2) is 7.51. The molecule has 0 aromatic heterocycles. The van der Waals surface area contributed by atoms with Crippen LogP contribution in [0.25, 0.3) is 11.1 Å². The number of rotatable bonds is 4. The van der Waals surface area contributed by atoms with Gasteiger partial charge < -0.3 is 0 Å². The van der Waals surface area contributed by atoms with Crippen LogP contribution in [-0.2, 0) is 0 Å². The van der Waals surface area contributed by atoms with Gasteiger partial charge in [0.25, 0.3) is 0 Å². The number of hydrogen-bond donors (Lipinski definition) is 0. The molecule has 0 unspecified atom stereocenters. The molecular formula is C23H26. The van der Waals surface area contributed by atoms with Crippen LogP contribution in [0, 0.1) is 18.3 Å². The second-order valence-electron chi connectivity index (χ2n) is 6.85. The predicted molar refractivity (Wildman–Crippen MR) is 99.4 cm³/mol. The van der Waals surface area contributed by atoms with Crippen LogP contribution in [0.15, 0.2) is 48.5 Å². The highest BCUT2D eigenvalue weighted by atomic mass is 14.3. The molecule has 0 amide bonds. The van der Waals surface area contributed by atoms with Gasteiger partial charge in [-0.2, -0.15) is 0 Å². The molecule has 23 heavy (non-hydrogen) atoms. The first kappa shape index (κ1) is 15.9. The molecule has 1 fully saturated rings. The van der Waals surface area contributed by atoms with Gasteiger partial charge in [0.15, 0.2) is 0 Å². The zero-order valence-corrected chi connectivity index (χ0v) is 14.1. The summed E-state index contributed by atoms with van der Waals surface area (Å²) >= 11 is 0. The molecule has 1 aliphatic rings. The van der Waals surface area contributed by atoms with Gasteiger partial charge in [-0.1, -0.05) is 62.1 Å². The Hall–Kier alpha value is -2.00. The Morgan fingerprint density at radius 2 is 1.43 bits per heavy atom. The molecule has 1 saturated carbocycles. The molecule has 2 aromatic carbocycles. The van der Waals surface area contributed by atoms with E-state index in [1.165, 1.54) is 55.2 Å². The average molecular weight is 302 g/mol. The molecule has 0 aliphatic heterocycles. The van der Waals surface area contributed by atoms with Crippen LogP contribution in [0.1, 0.15) is 62.5 Å². The summed E-state index contributed by atoms with van der Waals surface area (Å²) in [7, 11) is 0. The van der Waals surface area contributed by atoms with Crippen LogP contribution in [0.2, 0.25) is 0 Å². The maximum absolute atomic E-state index is 5.42. The summed E-state index contributed by atoms with van der Waals surface area (Å²) in [4.78, 5) is 0. The van der Waals surface area contributed by atoms with E-state index >= 15 is 0 Å². The Morgan fingerprint density at radius 3 is 1.96 bits per heavy atom. The number of hydrogen-bond acceptors (Lipinski definition) is 0. The Balaban J connectivity index is 1.66. The van der Waals surface area contributed by atoms with E-state index in [4.69, 9.17) is 6.42 Å². The summed E-state index contributed by atoms with van der Waals surface area (Å²) in [6.45, 7) is 2.31. The van der Waals surface area contributed by atoms with Crippen molar-refractivity contribution >= 4 is 0 Å². The lowest BCUT2D eigenvalue weighted by atomic mass is 9.77. The Morgan fingerprint density at radius 1 is 0.870 bits per heavy atom. The van der Waals surface area contributed by atoms with Gasteiger partial charge in [-0.25, -0.2) is 0 Å². The summed E-state index contributed by atoms with van der Waals surface area (Å²) in [6.07, 6.45) is 13.7. The minimum absolute atomic E-state index is 0.765. The summed E-state index contributed by atoms with van der Waals surface area (Å²) in [6, 6.07) is 17.4. The van der Waals surface area contributed by atoms with Crippen LogP contribution < -0.4 is 0 Å². The minimum Gasteiger partial charge on any atom is -0.115 e.